The second-order valence-corrected chi connectivity index (χ2v) is 3.04. The van der Waals surface area contributed by atoms with Gasteiger partial charge in [-0.25, -0.2) is 0 Å². The molecule has 62 valence electrons. The maximum absolute atomic E-state index is 4.01. The second-order valence-electron chi connectivity index (χ2n) is 3.04. The van der Waals surface area contributed by atoms with Crippen LogP contribution >= 0.6 is 0 Å². The van der Waals surface area contributed by atoms with Crippen molar-refractivity contribution in [1.29, 1.82) is 0 Å². The quantitative estimate of drug-likeness (QED) is 0.548. The van der Waals surface area contributed by atoms with E-state index in [9.17, 15) is 0 Å². The molecule has 1 rings (SSSR count). The number of hydrogen-bond donors (Lipinski definition) is 0. The molecule has 0 N–H and O–H groups in total. The van der Waals surface area contributed by atoms with E-state index in [-0.39, 0.29) is 0 Å². The number of nitrogens with zero attached hydrogens (tertiary/aromatic N) is 1. The van der Waals surface area contributed by atoms with Crippen molar-refractivity contribution < 1.29 is 0 Å². The predicted octanol–water partition coefficient (Wildman–Crippen LogP) is 2.56. The standard InChI is InChI=1S/C10H17N/c1-3-7-10(2)11-8-5-4-6-9-11/h3,7H,2,4-6,8-9H2,1H3/b7-3-. The predicted molar refractivity (Wildman–Crippen MR) is 49.4 cm³/mol. The van der Waals surface area contributed by atoms with Crippen LogP contribution in [0.3, 0.4) is 0 Å². The molecule has 0 radical (unpaired) electrons. The lowest BCUT2D eigenvalue weighted by atomic mass is 10.1. The van der Waals surface area contributed by atoms with Gasteiger partial charge in [-0.2, -0.15) is 0 Å². The van der Waals surface area contributed by atoms with Crippen molar-refractivity contribution in [2.75, 3.05) is 13.1 Å². The van der Waals surface area contributed by atoms with Gasteiger partial charge in [0.05, 0.1) is 0 Å². The van der Waals surface area contributed by atoms with Gasteiger partial charge in [-0.1, -0.05) is 12.7 Å². The summed E-state index contributed by atoms with van der Waals surface area (Å²) in [6, 6.07) is 0. The van der Waals surface area contributed by atoms with Gasteiger partial charge in [-0.15, -0.1) is 0 Å². The molecular weight excluding hydrogens is 134 g/mol. The van der Waals surface area contributed by atoms with Gasteiger partial charge in [-0.3, -0.25) is 0 Å². The number of rotatable bonds is 2. The summed E-state index contributed by atoms with van der Waals surface area (Å²) < 4.78 is 0. The summed E-state index contributed by atoms with van der Waals surface area (Å²) in [5.74, 6) is 0. The average Bonchev–Trinajstić information content (AvgIpc) is 2.07. The fraction of sp³-hybridized carbons (Fsp3) is 0.600. The SMILES string of the molecule is C=C(/C=C\C)N1CCCCC1. The van der Waals surface area contributed by atoms with Gasteiger partial charge < -0.3 is 4.90 Å². The van der Waals surface area contributed by atoms with Gasteiger partial charge in [0, 0.05) is 18.8 Å². The Balaban J connectivity index is 2.38. The third-order valence-corrected chi connectivity index (χ3v) is 2.12. The molecular formula is C10H17N. The Morgan fingerprint density at radius 2 is 1.91 bits per heavy atom. The Morgan fingerprint density at radius 3 is 2.45 bits per heavy atom. The summed E-state index contributed by atoms with van der Waals surface area (Å²) in [7, 11) is 0. The first-order valence-electron chi connectivity index (χ1n) is 4.41. The first-order valence-corrected chi connectivity index (χ1v) is 4.41. The molecule has 1 aliphatic heterocycles. The Labute approximate surface area is 69.4 Å². The van der Waals surface area contributed by atoms with Gasteiger partial charge >= 0.3 is 0 Å². The fourth-order valence-electron chi connectivity index (χ4n) is 1.48. The van der Waals surface area contributed by atoms with E-state index in [1.54, 1.807) is 0 Å². The summed E-state index contributed by atoms with van der Waals surface area (Å²) >= 11 is 0. The zero-order valence-corrected chi connectivity index (χ0v) is 7.34. The number of piperidine rings is 1. The molecule has 0 aromatic carbocycles. The van der Waals surface area contributed by atoms with Gasteiger partial charge in [0.25, 0.3) is 0 Å². The van der Waals surface area contributed by atoms with Crippen molar-refractivity contribution >= 4 is 0 Å². The van der Waals surface area contributed by atoms with E-state index in [1.165, 1.54) is 38.0 Å². The first kappa shape index (κ1) is 8.38. The molecule has 1 heterocycles. The summed E-state index contributed by atoms with van der Waals surface area (Å²) in [6.45, 7) is 8.44. The Morgan fingerprint density at radius 1 is 1.27 bits per heavy atom. The van der Waals surface area contributed by atoms with Crippen LogP contribution in [-0.2, 0) is 0 Å². The molecule has 1 nitrogen and oxygen atoms in total. The topological polar surface area (TPSA) is 3.24 Å². The lowest BCUT2D eigenvalue weighted by Crippen LogP contribution is -2.27. The molecule has 0 spiro atoms. The summed E-state index contributed by atoms with van der Waals surface area (Å²) in [6.07, 6.45) is 8.19. The van der Waals surface area contributed by atoms with Gasteiger partial charge in [0.1, 0.15) is 0 Å². The highest BCUT2D eigenvalue weighted by Crippen LogP contribution is 2.13. The molecule has 1 saturated heterocycles. The normalized spacial score (nSPS) is 19.2. The maximum Gasteiger partial charge on any atom is 0.0289 e. The van der Waals surface area contributed by atoms with Crippen LogP contribution in [0.4, 0.5) is 0 Å². The lowest BCUT2D eigenvalue weighted by molar-refractivity contribution is 0.294. The van der Waals surface area contributed by atoms with Gasteiger partial charge in [-0.05, 0) is 32.3 Å². The minimum atomic E-state index is 1.17. The molecule has 1 aliphatic rings. The van der Waals surface area contributed by atoms with Crippen molar-refractivity contribution in [3.05, 3.63) is 24.4 Å². The molecule has 1 fully saturated rings. The monoisotopic (exact) mass is 151 g/mol. The van der Waals surface area contributed by atoms with E-state index >= 15 is 0 Å². The molecule has 0 aromatic heterocycles. The Hall–Kier alpha value is -0.720. The molecule has 0 atom stereocenters. The molecule has 0 unspecified atom stereocenters. The Bertz CT molecular complexity index is 152. The van der Waals surface area contributed by atoms with Crippen molar-refractivity contribution in [3.63, 3.8) is 0 Å². The van der Waals surface area contributed by atoms with Crippen LogP contribution in [0.25, 0.3) is 0 Å². The largest absolute Gasteiger partial charge is 0.372 e. The van der Waals surface area contributed by atoms with Crippen molar-refractivity contribution in [3.8, 4) is 0 Å². The van der Waals surface area contributed by atoms with E-state index in [1.807, 2.05) is 6.92 Å². The van der Waals surface area contributed by atoms with Crippen LogP contribution in [0, 0.1) is 0 Å². The summed E-state index contributed by atoms with van der Waals surface area (Å²) in [5, 5.41) is 0. The van der Waals surface area contributed by atoms with E-state index < -0.39 is 0 Å². The van der Waals surface area contributed by atoms with Crippen molar-refractivity contribution in [2.24, 2.45) is 0 Å². The third-order valence-electron chi connectivity index (χ3n) is 2.12. The van der Waals surface area contributed by atoms with Crippen LogP contribution in [0.2, 0.25) is 0 Å². The molecule has 11 heavy (non-hydrogen) atoms. The third kappa shape index (κ3) is 2.41. The molecule has 0 aromatic rings. The second kappa shape index (κ2) is 4.22. The smallest absolute Gasteiger partial charge is 0.0289 e. The number of hydrogen-bond acceptors (Lipinski definition) is 1. The van der Waals surface area contributed by atoms with E-state index in [4.69, 9.17) is 0 Å². The fourth-order valence-corrected chi connectivity index (χ4v) is 1.48. The lowest BCUT2D eigenvalue weighted by Gasteiger charge is -2.28. The Kier molecular flexibility index (Phi) is 3.21. The molecule has 0 bridgehead atoms. The van der Waals surface area contributed by atoms with Gasteiger partial charge in [0.2, 0.25) is 0 Å². The highest BCUT2D eigenvalue weighted by Gasteiger charge is 2.08. The first-order chi connectivity index (χ1) is 5.34. The minimum absolute atomic E-state index is 1.17. The minimum Gasteiger partial charge on any atom is -0.372 e. The zero-order chi connectivity index (χ0) is 8.10. The maximum atomic E-state index is 4.01. The summed E-state index contributed by atoms with van der Waals surface area (Å²) in [4.78, 5) is 2.36. The highest BCUT2D eigenvalue weighted by molar-refractivity contribution is 5.12. The average molecular weight is 151 g/mol. The zero-order valence-electron chi connectivity index (χ0n) is 7.34. The molecule has 0 saturated carbocycles. The number of likely N-dealkylation sites (tertiary alicyclic amines) is 1. The van der Waals surface area contributed by atoms with Crippen molar-refractivity contribution in [1.82, 2.24) is 4.90 Å². The van der Waals surface area contributed by atoms with Crippen LogP contribution in [0.5, 0.6) is 0 Å². The van der Waals surface area contributed by atoms with Gasteiger partial charge in [0.15, 0.2) is 0 Å². The number of allylic oxidation sites excluding steroid dienone is 2. The summed E-state index contributed by atoms with van der Waals surface area (Å²) in [5.41, 5.74) is 1.17. The van der Waals surface area contributed by atoms with Crippen molar-refractivity contribution in [2.45, 2.75) is 26.2 Å². The van der Waals surface area contributed by atoms with E-state index in [2.05, 4.69) is 23.6 Å². The highest BCUT2D eigenvalue weighted by atomic mass is 15.1. The van der Waals surface area contributed by atoms with Crippen LogP contribution in [-0.4, -0.2) is 18.0 Å². The molecule has 0 amide bonds. The molecule has 1 heteroatoms. The molecule has 0 aliphatic carbocycles. The van der Waals surface area contributed by atoms with E-state index in [0.717, 1.165) is 0 Å². The van der Waals surface area contributed by atoms with Crippen LogP contribution in [0.1, 0.15) is 26.2 Å². The van der Waals surface area contributed by atoms with Crippen LogP contribution < -0.4 is 0 Å². The van der Waals surface area contributed by atoms with Crippen LogP contribution in [0.15, 0.2) is 24.4 Å². The van der Waals surface area contributed by atoms with E-state index in [0.29, 0.717) is 0 Å².